The summed E-state index contributed by atoms with van der Waals surface area (Å²) in [5.74, 6) is 1.04. The SMILES string of the molecule is Cc1c(C(C)NCCCn2cccn2)oc2ccccc12. The van der Waals surface area contributed by atoms with Gasteiger partial charge in [-0.05, 0) is 44.5 Å². The molecule has 1 aromatic carbocycles. The Balaban J connectivity index is 1.59. The highest BCUT2D eigenvalue weighted by molar-refractivity contribution is 5.82. The number of benzene rings is 1. The normalized spacial score (nSPS) is 12.9. The summed E-state index contributed by atoms with van der Waals surface area (Å²) in [7, 11) is 0. The van der Waals surface area contributed by atoms with Gasteiger partial charge in [0.25, 0.3) is 0 Å². The lowest BCUT2D eigenvalue weighted by Crippen LogP contribution is -2.21. The quantitative estimate of drug-likeness (QED) is 0.702. The lowest BCUT2D eigenvalue weighted by molar-refractivity contribution is 0.435. The van der Waals surface area contributed by atoms with Crippen molar-refractivity contribution in [2.75, 3.05) is 6.54 Å². The van der Waals surface area contributed by atoms with Crippen molar-refractivity contribution < 1.29 is 4.42 Å². The molecule has 2 heterocycles. The summed E-state index contributed by atoms with van der Waals surface area (Å²) in [5, 5.41) is 8.94. The number of nitrogens with zero attached hydrogens (tertiary/aromatic N) is 2. The molecule has 0 radical (unpaired) electrons. The van der Waals surface area contributed by atoms with Gasteiger partial charge in [0.15, 0.2) is 0 Å². The molecule has 1 N–H and O–H groups in total. The maximum absolute atomic E-state index is 5.98. The monoisotopic (exact) mass is 283 g/mol. The van der Waals surface area contributed by atoms with Crippen LogP contribution in [0.2, 0.25) is 0 Å². The van der Waals surface area contributed by atoms with E-state index < -0.39 is 0 Å². The Kier molecular flexibility index (Phi) is 4.06. The molecule has 2 aromatic heterocycles. The van der Waals surface area contributed by atoms with E-state index in [0.29, 0.717) is 0 Å². The highest BCUT2D eigenvalue weighted by atomic mass is 16.3. The molecule has 1 unspecified atom stereocenters. The summed E-state index contributed by atoms with van der Waals surface area (Å²) in [6, 6.07) is 10.4. The molecule has 0 aliphatic heterocycles. The zero-order valence-electron chi connectivity index (χ0n) is 12.5. The molecule has 0 bridgehead atoms. The second-order valence-electron chi connectivity index (χ2n) is 5.39. The third kappa shape index (κ3) is 3.00. The number of para-hydroxylation sites is 1. The predicted molar refractivity (Wildman–Crippen MR) is 84.2 cm³/mol. The van der Waals surface area contributed by atoms with Crippen molar-refractivity contribution in [2.45, 2.75) is 32.9 Å². The number of fused-ring (bicyclic) bond motifs is 1. The number of furan rings is 1. The Hall–Kier alpha value is -2.07. The first kappa shape index (κ1) is 13.9. The summed E-state index contributed by atoms with van der Waals surface area (Å²) >= 11 is 0. The van der Waals surface area contributed by atoms with Crippen molar-refractivity contribution in [1.29, 1.82) is 0 Å². The van der Waals surface area contributed by atoms with Crippen LogP contribution in [0.3, 0.4) is 0 Å². The van der Waals surface area contributed by atoms with E-state index >= 15 is 0 Å². The highest BCUT2D eigenvalue weighted by Crippen LogP contribution is 2.28. The molecule has 21 heavy (non-hydrogen) atoms. The van der Waals surface area contributed by atoms with Gasteiger partial charge in [-0.25, -0.2) is 0 Å². The van der Waals surface area contributed by atoms with Crippen LogP contribution in [0, 0.1) is 6.92 Å². The standard InChI is InChI=1S/C17H21N3O/c1-13-15-7-3-4-8-16(15)21-17(13)14(2)18-9-5-11-20-12-6-10-19-20/h3-4,6-8,10,12,14,18H,5,9,11H2,1-2H3. The fourth-order valence-corrected chi connectivity index (χ4v) is 2.69. The molecule has 1 atom stereocenters. The molecule has 4 heteroatoms. The number of rotatable bonds is 6. The van der Waals surface area contributed by atoms with Gasteiger partial charge in [0.2, 0.25) is 0 Å². The predicted octanol–water partition coefficient (Wildman–Crippen LogP) is 3.68. The molecule has 4 nitrogen and oxygen atoms in total. The van der Waals surface area contributed by atoms with Crippen LogP contribution in [-0.2, 0) is 6.54 Å². The molecule has 110 valence electrons. The molecule has 0 aliphatic carbocycles. The Bertz CT molecular complexity index is 700. The second-order valence-corrected chi connectivity index (χ2v) is 5.39. The Morgan fingerprint density at radius 1 is 1.29 bits per heavy atom. The smallest absolute Gasteiger partial charge is 0.134 e. The summed E-state index contributed by atoms with van der Waals surface area (Å²) in [4.78, 5) is 0. The van der Waals surface area contributed by atoms with Gasteiger partial charge in [0.1, 0.15) is 11.3 Å². The summed E-state index contributed by atoms with van der Waals surface area (Å²) in [5.41, 5.74) is 2.20. The van der Waals surface area contributed by atoms with Crippen LogP contribution in [0.15, 0.2) is 47.1 Å². The van der Waals surface area contributed by atoms with Crippen molar-refractivity contribution in [2.24, 2.45) is 0 Å². The van der Waals surface area contributed by atoms with Crippen molar-refractivity contribution in [3.05, 3.63) is 54.0 Å². The van der Waals surface area contributed by atoms with E-state index in [0.717, 1.165) is 30.9 Å². The largest absolute Gasteiger partial charge is 0.459 e. The topological polar surface area (TPSA) is 43.0 Å². The van der Waals surface area contributed by atoms with Crippen LogP contribution in [-0.4, -0.2) is 16.3 Å². The van der Waals surface area contributed by atoms with E-state index in [-0.39, 0.29) is 6.04 Å². The first-order chi connectivity index (χ1) is 10.3. The molecule has 3 rings (SSSR count). The van der Waals surface area contributed by atoms with E-state index in [4.69, 9.17) is 4.42 Å². The Morgan fingerprint density at radius 3 is 2.90 bits per heavy atom. The number of aryl methyl sites for hydroxylation is 2. The van der Waals surface area contributed by atoms with Crippen LogP contribution in [0.4, 0.5) is 0 Å². The summed E-state index contributed by atoms with van der Waals surface area (Å²) < 4.78 is 7.94. The van der Waals surface area contributed by atoms with Gasteiger partial charge in [0, 0.05) is 24.3 Å². The first-order valence-electron chi connectivity index (χ1n) is 7.44. The molecular formula is C17H21N3O. The molecule has 0 aliphatic rings. The number of hydrogen-bond donors (Lipinski definition) is 1. The lowest BCUT2D eigenvalue weighted by atomic mass is 10.1. The summed E-state index contributed by atoms with van der Waals surface area (Å²) in [6.07, 6.45) is 4.85. The van der Waals surface area contributed by atoms with Crippen LogP contribution in [0.25, 0.3) is 11.0 Å². The van der Waals surface area contributed by atoms with Crippen molar-refractivity contribution in [3.63, 3.8) is 0 Å². The van der Waals surface area contributed by atoms with Gasteiger partial charge >= 0.3 is 0 Å². The van der Waals surface area contributed by atoms with Crippen molar-refractivity contribution in [1.82, 2.24) is 15.1 Å². The maximum Gasteiger partial charge on any atom is 0.134 e. The van der Waals surface area contributed by atoms with Crippen LogP contribution in [0.5, 0.6) is 0 Å². The molecule has 0 fully saturated rings. The number of aromatic nitrogens is 2. The first-order valence-corrected chi connectivity index (χ1v) is 7.44. The van der Waals surface area contributed by atoms with Crippen molar-refractivity contribution in [3.8, 4) is 0 Å². The zero-order chi connectivity index (χ0) is 14.7. The molecule has 0 spiro atoms. The van der Waals surface area contributed by atoms with E-state index in [9.17, 15) is 0 Å². The van der Waals surface area contributed by atoms with Gasteiger partial charge in [-0.3, -0.25) is 4.68 Å². The molecule has 0 amide bonds. The van der Waals surface area contributed by atoms with Crippen molar-refractivity contribution >= 4 is 11.0 Å². The van der Waals surface area contributed by atoms with E-state index in [1.165, 1.54) is 10.9 Å². The van der Waals surface area contributed by atoms with Gasteiger partial charge in [-0.2, -0.15) is 5.10 Å². The van der Waals surface area contributed by atoms with E-state index in [2.05, 4.69) is 36.4 Å². The number of hydrogen-bond acceptors (Lipinski definition) is 3. The third-order valence-electron chi connectivity index (χ3n) is 3.85. The minimum atomic E-state index is 0.218. The molecular weight excluding hydrogens is 262 g/mol. The Labute approximate surface area is 124 Å². The fraction of sp³-hybridized carbons (Fsp3) is 0.353. The van der Waals surface area contributed by atoms with E-state index in [1.54, 1.807) is 0 Å². The lowest BCUT2D eigenvalue weighted by Gasteiger charge is -2.12. The average Bonchev–Trinajstić information content (AvgIpc) is 3.12. The van der Waals surface area contributed by atoms with Crippen LogP contribution in [0.1, 0.15) is 30.7 Å². The zero-order valence-corrected chi connectivity index (χ0v) is 12.5. The minimum Gasteiger partial charge on any atom is -0.459 e. The van der Waals surface area contributed by atoms with Crippen LogP contribution < -0.4 is 5.32 Å². The maximum atomic E-state index is 5.98. The average molecular weight is 283 g/mol. The number of nitrogens with one attached hydrogen (secondary N) is 1. The molecule has 3 aromatic rings. The molecule has 0 saturated carbocycles. The third-order valence-corrected chi connectivity index (χ3v) is 3.85. The van der Waals surface area contributed by atoms with Crippen LogP contribution >= 0.6 is 0 Å². The summed E-state index contributed by atoms with van der Waals surface area (Å²) in [6.45, 7) is 6.16. The van der Waals surface area contributed by atoms with Gasteiger partial charge in [-0.1, -0.05) is 18.2 Å². The van der Waals surface area contributed by atoms with Gasteiger partial charge in [-0.15, -0.1) is 0 Å². The second kappa shape index (κ2) is 6.14. The minimum absolute atomic E-state index is 0.218. The van der Waals surface area contributed by atoms with E-state index in [1.807, 2.05) is 35.3 Å². The molecule has 0 saturated heterocycles. The fourth-order valence-electron chi connectivity index (χ4n) is 2.69. The Morgan fingerprint density at radius 2 is 2.14 bits per heavy atom. The highest BCUT2D eigenvalue weighted by Gasteiger charge is 2.15. The van der Waals surface area contributed by atoms with Gasteiger partial charge in [0.05, 0.1) is 6.04 Å². The van der Waals surface area contributed by atoms with Gasteiger partial charge < -0.3 is 9.73 Å².